The van der Waals surface area contributed by atoms with Crippen LogP contribution in [0.1, 0.15) is 20.8 Å². The molecule has 0 aliphatic carbocycles. The number of nitrogens with one attached hydrogen (secondary N) is 1. The number of hydrogen-bond acceptors (Lipinski definition) is 5. The molecule has 174 valence electrons. The molecule has 0 saturated carbocycles. The summed E-state index contributed by atoms with van der Waals surface area (Å²) in [5.41, 5.74) is 0.602. The Morgan fingerprint density at radius 1 is 0.882 bits per heavy atom. The highest BCUT2D eigenvalue weighted by Crippen LogP contribution is 2.33. The van der Waals surface area contributed by atoms with Gasteiger partial charge in [-0.1, -0.05) is 66.7 Å². The Labute approximate surface area is 202 Å². The van der Waals surface area contributed by atoms with E-state index in [0.29, 0.717) is 32.6 Å². The molecule has 1 atom stereocenters. The van der Waals surface area contributed by atoms with E-state index in [1.54, 1.807) is 0 Å². The largest absolute Gasteiger partial charge is 0.335 e. The molecule has 7 nitrogen and oxygen atoms in total. The zero-order chi connectivity index (χ0) is 23.5. The standard InChI is InChI=1S/C26H26N4O3S/c31-23(22-12-7-17-34-22)29-15-13-28(14-16-29)19-30-24(32)26(27-25(30)33,21-10-5-2-6-11-21)18-20-8-3-1-4-9-20/h1-12,17H,13-16,18-19H2,(H,27,33). The average molecular weight is 475 g/mol. The molecule has 0 bridgehead atoms. The van der Waals surface area contributed by atoms with E-state index in [-0.39, 0.29) is 24.5 Å². The van der Waals surface area contributed by atoms with Gasteiger partial charge in [-0.3, -0.25) is 14.5 Å². The number of benzene rings is 2. The number of rotatable bonds is 6. The van der Waals surface area contributed by atoms with Gasteiger partial charge in [-0.2, -0.15) is 0 Å². The number of carbonyl (C=O) groups is 3. The maximum Gasteiger partial charge on any atom is 0.326 e. The lowest BCUT2D eigenvalue weighted by Gasteiger charge is -2.36. The summed E-state index contributed by atoms with van der Waals surface area (Å²) in [5, 5.41) is 4.91. The Bertz CT molecular complexity index is 1160. The molecule has 8 heteroatoms. The second-order valence-electron chi connectivity index (χ2n) is 8.63. The van der Waals surface area contributed by atoms with Crippen LogP contribution in [0.4, 0.5) is 4.79 Å². The molecule has 2 aromatic carbocycles. The first kappa shape index (κ1) is 22.3. The van der Waals surface area contributed by atoms with Gasteiger partial charge in [-0.15, -0.1) is 11.3 Å². The molecule has 4 amide bonds. The molecular formula is C26H26N4O3S. The van der Waals surface area contributed by atoms with Crippen molar-refractivity contribution in [3.63, 3.8) is 0 Å². The van der Waals surface area contributed by atoms with E-state index >= 15 is 0 Å². The van der Waals surface area contributed by atoms with Crippen molar-refractivity contribution in [1.82, 2.24) is 20.0 Å². The molecule has 1 aromatic heterocycles. The molecular weight excluding hydrogens is 448 g/mol. The summed E-state index contributed by atoms with van der Waals surface area (Å²) in [6.07, 6.45) is 0.377. The van der Waals surface area contributed by atoms with Crippen LogP contribution in [0.5, 0.6) is 0 Å². The summed E-state index contributed by atoms with van der Waals surface area (Å²) in [4.78, 5) is 45.4. The summed E-state index contributed by atoms with van der Waals surface area (Å²) < 4.78 is 0. The van der Waals surface area contributed by atoms with Gasteiger partial charge in [0.2, 0.25) is 0 Å². The Hall–Kier alpha value is -3.49. The lowest BCUT2D eigenvalue weighted by molar-refractivity contribution is -0.133. The van der Waals surface area contributed by atoms with Crippen LogP contribution in [0, 0.1) is 0 Å². The zero-order valence-electron chi connectivity index (χ0n) is 18.7. The highest BCUT2D eigenvalue weighted by molar-refractivity contribution is 7.12. The summed E-state index contributed by atoms with van der Waals surface area (Å²) in [6, 6.07) is 22.5. The van der Waals surface area contributed by atoms with Gasteiger partial charge in [0.05, 0.1) is 11.5 Å². The quantitative estimate of drug-likeness (QED) is 0.557. The van der Waals surface area contributed by atoms with Crippen LogP contribution in [-0.2, 0) is 16.8 Å². The minimum absolute atomic E-state index is 0.0376. The monoisotopic (exact) mass is 474 g/mol. The summed E-state index contributed by atoms with van der Waals surface area (Å²) in [5.74, 6) is -0.208. The van der Waals surface area contributed by atoms with Crippen molar-refractivity contribution >= 4 is 29.2 Å². The number of hydrogen-bond donors (Lipinski definition) is 1. The number of imide groups is 1. The van der Waals surface area contributed by atoms with Gasteiger partial charge in [0, 0.05) is 32.6 Å². The number of amides is 4. The number of piperazine rings is 1. The Balaban J connectivity index is 1.31. The molecule has 3 aromatic rings. The SMILES string of the molecule is O=C(c1cccs1)N1CCN(CN2C(=O)NC(Cc3ccccc3)(c3ccccc3)C2=O)CC1. The van der Waals surface area contributed by atoms with Gasteiger partial charge in [0.1, 0.15) is 0 Å². The van der Waals surface area contributed by atoms with Crippen LogP contribution < -0.4 is 5.32 Å². The topological polar surface area (TPSA) is 73.0 Å². The van der Waals surface area contributed by atoms with Crippen molar-refractivity contribution in [2.75, 3.05) is 32.8 Å². The van der Waals surface area contributed by atoms with Gasteiger partial charge >= 0.3 is 6.03 Å². The van der Waals surface area contributed by atoms with Gasteiger partial charge in [-0.05, 0) is 22.6 Å². The van der Waals surface area contributed by atoms with Crippen molar-refractivity contribution in [1.29, 1.82) is 0 Å². The van der Waals surface area contributed by atoms with Crippen molar-refractivity contribution in [3.8, 4) is 0 Å². The molecule has 0 radical (unpaired) electrons. The van der Waals surface area contributed by atoms with Crippen molar-refractivity contribution in [3.05, 3.63) is 94.2 Å². The third-order valence-electron chi connectivity index (χ3n) is 6.49. The van der Waals surface area contributed by atoms with E-state index in [9.17, 15) is 14.4 Å². The van der Waals surface area contributed by atoms with Gasteiger partial charge in [0.15, 0.2) is 5.54 Å². The first-order valence-electron chi connectivity index (χ1n) is 11.4. The van der Waals surface area contributed by atoms with E-state index in [1.807, 2.05) is 83.1 Å². The fourth-order valence-electron chi connectivity index (χ4n) is 4.65. The van der Waals surface area contributed by atoms with Crippen LogP contribution in [-0.4, -0.2) is 65.4 Å². The van der Waals surface area contributed by atoms with Gasteiger partial charge < -0.3 is 10.2 Å². The third kappa shape index (κ3) is 4.22. The molecule has 3 heterocycles. The minimum atomic E-state index is -1.14. The van der Waals surface area contributed by atoms with Crippen LogP contribution in [0.2, 0.25) is 0 Å². The second kappa shape index (κ2) is 9.40. The van der Waals surface area contributed by atoms with Gasteiger partial charge in [-0.25, -0.2) is 9.69 Å². The Morgan fingerprint density at radius 3 is 2.21 bits per heavy atom. The van der Waals surface area contributed by atoms with Gasteiger partial charge in [0.25, 0.3) is 11.8 Å². The van der Waals surface area contributed by atoms with E-state index in [4.69, 9.17) is 0 Å². The smallest absolute Gasteiger partial charge is 0.326 e. The Morgan fingerprint density at radius 2 is 1.56 bits per heavy atom. The Kier molecular flexibility index (Phi) is 6.17. The molecule has 2 fully saturated rings. The zero-order valence-corrected chi connectivity index (χ0v) is 19.5. The molecule has 2 aliphatic heterocycles. The van der Waals surface area contributed by atoms with Crippen molar-refractivity contribution in [2.24, 2.45) is 0 Å². The molecule has 1 unspecified atom stereocenters. The lowest BCUT2D eigenvalue weighted by atomic mass is 9.83. The van der Waals surface area contributed by atoms with Crippen LogP contribution in [0.3, 0.4) is 0 Å². The number of thiophene rings is 1. The number of urea groups is 1. The molecule has 5 rings (SSSR count). The molecule has 2 saturated heterocycles. The first-order valence-corrected chi connectivity index (χ1v) is 12.2. The average Bonchev–Trinajstić information content (AvgIpc) is 3.49. The lowest BCUT2D eigenvalue weighted by Crippen LogP contribution is -2.53. The summed E-state index contributed by atoms with van der Waals surface area (Å²) in [7, 11) is 0. The van der Waals surface area contributed by atoms with Crippen molar-refractivity contribution in [2.45, 2.75) is 12.0 Å². The summed E-state index contributed by atoms with van der Waals surface area (Å²) in [6.45, 7) is 2.54. The fraction of sp³-hybridized carbons (Fsp3) is 0.269. The highest BCUT2D eigenvalue weighted by atomic mass is 32.1. The van der Waals surface area contributed by atoms with E-state index in [2.05, 4.69) is 10.2 Å². The molecule has 34 heavy (non-hydrogen) atoms. The van der Waals surface area contributed by atoms with E-state index < -0.39 is 5.54 Å². The van der Waals surface area contributed by atoms with E-state index in [0.717, 1.165) is 16.0 Å². The predicted molar refractivity (Wildman–Crippen MR) is 130 cm³/mol. The second-order valence-corrected chi connectivity index (χ2v) is 9.57. The third-order valence-corrected chi connectivity index (χ3v) is 7.35. The minimum Gasteiger partial charge on any atom is -0.335 e. The van der Waals surface area contributed by atoms with Crippen LogP contribution in [0.15, 0.2) is 78.2 Å². The van der Waals surface area contributed by atoms with Crippen molar-refractivity contribution < 1.29 is 14.4 Å². The van der Waals surface area contributed by atoms with E-state index in [1.165, 1.54) is 16.2 Å². The summed E-state index contributed by atoms with van der Waals surface area (Å²) >= 11 is 1.44. The number of carbonyl (C=O) groups excluding carboxylic acids is 3. The normalized spacial score (nSPS) is 21.1. The molecule has 1 N–H and O–H groups in total. The first-order chi connectivity index (χ1) is 16.6. The fourth-order valence-corrected chi connectivity index (χ4v) is 5.34. The van der Waals surface area contributed by atoms with Crippen LogP contribution >= 0.6 is 11.3 Å². The predicted octanol–water partition coefficient (Wildman–Crippen LogP) is 3.15. The van der Waals surface area contributed by atoms with Crippen LogP contribution in [0.25, 0.3) is 0 Å². The maximum atomic E-state index is 13.8. The number of nitrogens with zero attached hydrogens (tertiary/aromatic N) is 3. The molecule has 2 aliphatic rings. The highest BCUT2D eigenvalue weighted by Gasteiger charge is 2.52. The molecule has 0 spiro atoms. The maximum absolute atomic E-state index is 13.8.